The van der Waals surface area contributed by atoms with Crippen LogP contribution in [-0.2, 0) is 5.41 Å². The highest BCUT2D eigenvalue weighted by molar-refractivity contribution is 5.98. The highest BCUT2D eigenvalue weighted by Crippen LogP contribution is 2.63. The maximum atomic E-state index is 10.6. The molecule has 2 heterocycles. The summed E-state index contributed by atoms with van der Waals surface area (Å²) in [6.45, 7) is 0. The first-order valence-electron chi connectivity index (χ1n) is 19.3. The number of fused-ring (bicyclic) bond motifs is 9. The SMILES string of the molecule is N#Cc1cccc2c1-c1c(-c3ccc(-c4cccc(-c5nc(-c6ccccc6)nc(-c6ccccc6)n5)c4)cc3)cccc1C21c2ccccc2Oc2ccccc21. The summed E-state index contributed by atoms with van der Waals surface area (Å²) in [7, 11) is 0. The number of nitriles is 1. The predicted octanol–water partition coefficient (Wildman–Crippen LogP) is 12.5. The molecule has 0 N–H and O–H groups in total. The molecule has 0 radical (unpaired) electrons. The van der Waals surface area contributed by atoms with E-state index in [4.69, 9.17) is 19.7 Å². The summed E-state index contributed by atoms with van der Waals surface area (Å²) < 4.78 is 6.53. The maximum Gasteiger partial charge on any atom is 0.164 e. The Hall–Kier alpha value is -7.94. The lowest BCUT2D eigenvalue weighted by Crippen LogP contribution is -2.32. The van der Waals surface area contributed by atoms with Crippen LogP contribution in [0, 0.1) is 11.3 Å². The van der Waals surface area contributed by atoms with Crippen LogP contribution in [0.2, 0.25) is 0 Å². The lowest BCUT2D eigenvalue weighted by atomic mass is 9.66. The zero-order valence-electron chi connectivity index (χ0n) is 31.2. The normalized spacial score (nSPS) is 12.7. The number of para-hydroxylation sites is 2. The number of rotatable bonds is 5. The summed E-state index contributed by atoms with van der Waals surface area (Å²) in [4.78, 5) is 14.8. The van der Waals surface area contributed by atoms with Gasteiger partial charge in [-0.15, -0.1) is 0 Å². The molecule has 270 valence electrons. The smallest absolute Gasteiger partial charge is 0.164 e. The van der Waals surface area contributed by atoms with Crippen molar-refractivity contribution in [3.05, 3.63) is 222 Å². The second kappa shape index (κ2) is 13.4. The molecule has 1 spiro atoms. The minimum atomic E-state index is -0.658. The van der Waals surface area contributed by atoms with Crippen molar-refractivity contribution in [3.63, 3.8) is 0 Å². The van der Waals surface area contributed by atoms with Gasteiger partial charge in [0.05, 0.1) is 17.0 Å². The van der Waals surface area contributed by atoms with Crippen molar-refractivity contribution in [2.24, 2.45) is 0 Å². The van der Waals surface area contributed by atoms with Crippen LogP contribution in [0.5, 0.6) is 11.5 Å². The summed E-state index contributed by atoms with van der Waals surface area (Å²) in [5.41, 5.74) is 13.5. The summed E-state index contributed by atoms with van der Waals surface area (Å²) in [5.74, 6) is 3.52. The zero-order valence-corrected chi connectivity index (χ0v) is 31.2. The minimum absolute atomic E-state index is 0.614. The van der Waals surface area contributed by atoms with Gasteiger partial charge < -0.3 is 4.74 Å². The molecule has 0 atom stereocenters. The molecule has 8 aromatic carbocycles. The highest BCUT2D eigenvalue weighted by atomic mass is 16.5. The topological polar surface area (TPSA) is 71.7 Å². The van der Waals surface area contributed by atoms with E-state index >= 15 is 0 Å². The Morgan fingerprint density at radius 3 is 1.47 bits per heavy atom. The van der Waals surface area contributed by atoms with Crippen LogP contribution >= 0.6 is 0 Å². The molecule has 0 saturated heterocycles. The van der Waals surface area contributed by atoms with E-state index in [1.165, 1.54) is 0 Å². The number of nitrogens with zero attached hydrogens (tertiary/aromatic N) is 4. The molecule has 5 nitrogen and oxygen atoms in total. The van der Waals surface area contributed by atoms with Crippen LogP contribution in [0.3, 0.4) is 0 Å². The molecule has 2 aliphatic rings. The van der Waals surface area contributed by atoms with Crippen molar-refractivity contribution in [1.29, 1.82) is 5.26 Å². The Morgan fingerprint density at radius 1 is 0.379 bits per heavy atom. The van der Waals surface area contributed by atoms with E-state index in [0.29, 0.717) is 23.0 Å². The number of hydrogen-bond donors (Lipinski definition) is 0. The molecule has 0 fully saturated rings. The maximum absolute atomic E-state index is 10.6. The average molecular weight is 741 g/mol. The Balaban J connectivity index is 1.03. The van der Waals surface area contributed by atoms with Crippen molar-refractivity contribution in [1.82, 2.24) is 15.0 Å². The third-order valence-corrected chi connectivity index (χ3v) is 11.5. The monoisotopic (exact) mass is 740 g/mol. The molecule has 11 rings (SSSR count). The Kier molecular flexibility index (Phi) is 7.70. The fourth-order valence-corrected chi connectivity index (χ4v) is 8.94. The molecule has 1 aromatic heterocycles. The standard InChI is InChI=1S/C53H32N4O/c54-33-40-20-12-24-44-48(40)49-41(21-13-25-45(49)53(44)42-22-7-9-26-46(42)58-47-27-10-8-23-43(47)53)35-30-28-34(29-31-35)38-18-11-19-39(32-38)52-56-50(36-14-3-1-4-15-36)55-51(57-52)37-16-5-2-6-17-37/h1-32H. The second-order valence-corrected chi connectivity index (χ2v) is 14.6. The van der Waals surface area contributed by atoms with Crippen LogP contribution in [0.15, 0.2) is 194 Å². The predicted molar refractivity (Wildman–Crippen MR) is 229 cm³/mol. The van der Waals surface area contributed by atoms with Crippen molar-refractivity contribution in [2.75, 3.05) is 0 Å². The van der Waals surface area contributed by atoms with Crippen molar-refractivity contribution >= 4 is 0 Å². The van der Waals surface area contributed by atoms with Gasteiger partial charge in [-0.05, 0) is 63.2 Å². The molecular weight excluding hydrogens is 709 g/mol. The second-order valence-electron chi connectivity index (χ2n) is 14.6. The van der Waals surface area contributed by atoms with Crippen LogP contribution < -0.4 is 4.74 Å². The van der Waals surface area contributed by atoms with E-state index in [1.54, 1.807) is 0 Å². The average Bonchev–Trinajstić information content (AvgIpc) is 3.60. The first-order chi connectivity index (χ1) is 28.7. The van der Waals surface area contributed by atoms with Crippen LogP contribution in [0.1, 0.15) is 27.8 Å². The summed E-state index contributed by atoms with van der Waals surface area (Å²) in [6, 6.07) is 69.0. The van der Waals surface area contributed by atoms with E-state index in [-0.39, 0.29) is 0 Å². The minimum Gasteiger partial charge on any atom is -0.457 e. The number of benzene rings is 8. The Morgan fingerprint density at radius 2 is 0.845 bits per heavy atom. The van der Waals surface area contributed by atoms with Gasteiger partial charge >= 0.3 is 0 Å². The summed E-state index contributed by atoms with van der Waals surface area (Å²) in [5, 5.41) is 10.6. The van der Waals surface area contributed by atoms with Crippen LogP contribution in [-0.4, -0.2) is 15.0 Å². The Labute approximate surface area is 336 Å². The van der Waals surface area contributed by atoms with Gasteiger partial charge in [-0.25, -0.2) is 15.0 Å². The molecule has 5 heteroatoms. The van der Waals surface area contributed by atoms with E-state index < -0.39 is 5.41 Å². The van der Waals surface area contributed by atoms with E-state index in [2.05, 4.69) is 103 Å². The van der Waals surface area contributed by atoms with Gasteiger partial charge in [0.25, 0.3) is 0 Å². The molecule has 0 amide bonds. The van der Waals surface area contributed by atoms with Gasteiger partial charge in [-0.2, -0.15) is 5.26 Å². The molecule has 1 aliphatic heterocycles. The van der Waals surface area contributed by atoms with E-state index in [1.807, 2.05) is 97.1 Å². The van der Waals surface area contributed by atoms with E-state index in [9.17, 15) is 5.26 Å². The van der Waals surface area contributed by atoms with Gasteiger partial charge in [0.2, 0.25) is 0 Å². The largest absolute Gasteiger partial charge is 0.457 e. The lowest BCUT2D eigenvalue weighted by molar-refractivity contribution is 0.436. The molecule has 0 bridgehead atoms. The molecule has 9 aromatic rings. The van der Waals surface area contributed by atoms with Gasteiger partial charge in [0, 0.05) is 33.4 Å². The third-order valence-electron chi connectivity index (χ3n) is 11.5. The molecule has 0 saturated carbocycles. The van der Waals surface area contributed by atoms with Crippen LogP contribution in [0.25, 0.3) is 67.5 Å². The number of ether oxygens (including phenoxy) is 1. The first-order valence-corrected chi connectivity index (χ1v) is 19.3. The molecule has 1 aliphatic carbocycles. The molecular formula is C53H32N4O. The van der Waals surface area contributed by atoms with Gasteiger partial charge in [0.1, 0.15) is 11.5 Å². The summed E-state index contributed by atoms with van der Waals surface area (Å²) in [6.07, 6.45) is 0. The first kappa shape index (κ1) is 33.4. The fourth-order valence-electron chi connectivity index (χ4n) is 8.94. The van der Waals surface area contributed by atoms with Crippen molar-refractivity contribution in [2.45, 2.75) is 5.41 Å². The van der Waals surface area contributed by atoms with E-state index in [0.717, 1.165) is 83.8 Å². The van der Waals surface area contributed by atoms with Crippen molar-refractivity contribution in [3.8, 4) is 85.1 Å². The van der Waals surface area contributed by atoms with Gasteiger partial charge in [-0.3, -0.25) is 0 Å². The zero-order chi connectivity index (χ0) is 38.6. The number of aromatic nitrogens is 3. The fraction of sp³-hybridized carbons (Fsp3) is 0.0189. The third kappa shape index (κ3) is 5.13. The number of hydrogen-bond acceptors (Lipinski definition) is 5. The lowest BCUT2D eigenvalue weighted by Gasteiger charge is -2.39. The quantitative estimate of drug-likeness (QED) is 0.176. The molecule has 58 heavy (non-hydrogen) atoms. The van der Waals surface area contributed by atoms with Crippen LogP contribution in [0.4, 0.5) is 0 Å². The van der Waals surface area contributed by atoms with Gasteiger partial charge in [0.15, 0.2) is 17.5 Å². The highest BCUT2D eigenvalue weighted by Gasteiger charge is 2.52. The summed E-state index contributed by atoms with van der Waals surface area (Å²) >= 11 is 0. The van der Waals surface area contributed by atoms with Crippen molar-refractivity contribution < 1.29 is 4.74 Å². The van der Waals surface area contributed by atoms with Gasteiger partial charge in [-0.1, -0.05) is 170 Å². The molecule has 0 unspecified atom stereocenters. The Bertz CT molecular complexity index is 2990.